The van der Waals surface area contributed by atoms with E-state index in [0.29, 0.717) is 19.4 Å². The molecule has 2 bridgehead atoms. The summed E-state index contributed by atoms with van der Waals surface area (Å²) in [7, 11) is 0. The lowest BCUT2D eigenvalue weighted by Gasteiger charge is -2.39. The van der Waals surface area contributed by atoms with Crippen molar-refractivity contribution in [1.29, 1.82) is 0 Å². The average molecular weight is 549 g/mol. The van der Waals surface area contributed by atoms with E-state index < -0.39 is 41.6 Å². The fraction of sp³-hybridized carbons (Fsp3) is 0.577. The van der Waals surface area contributed by atoms with E-state index in [1.807, 2.05) is 37.3 Å². The Morgan fingerprint density at radius 3 is 2.69 bits per heavy atom. The van der Waals surface area contributed by atoms with Gasteiger partial charge in [-0.15, -0.1) is 6.58 Å². The number of aliphatic hydroxyl groups excluding tert-OH is 1. The Bertz CT molecular complexity index is 970. The predicted octanol–water partition coefficient (Wildman–Crippen LogP) is 2.28. The van der Waals surface area contributed by atoms with Gasteiger partial charge >= 0.3 is 5.97 Å². The maximum Gasteiger partial charge on any atom is 0.312 e. The number of halogens is 1. The van der Waals surface area contributed by atoms with Crippen LogP contribution in [0.2, 0.25) is 0 Å². The third kappa shape index (κ3) is 4.21. The highest BCUT2D eigenvalue weighted by atomic mass is 79.9. The van der Waals surface area contributed by atoms with Crippen molar-refractivity contribution in [2.24, 2.45) is 11.8 Å². The number of benzene rings is 1. The lowest BCUT2D eigenvalue weighted by molar-refractivity contribution is -0.156. The molecule has 190 valence electrons. The van der Waals surface area contributed by atoms with Crippen molar-refractivity contribution in [3.8, 4) is 0 Å². The quantitative estimate of drug-likeness (QED) is 0.274. The van der Waals surface area contributed by atoms with Gasteiger partial charge in [0, 0.05) is 17.9 Å². The molecule has 1 aromatic rings. The van der Waals surface area contributed by atoms with Crippen molar-refractivity contribution in [3.05, 3.63) is 48.6 Å². The second kappa shape index (κ2) is 10.4. The second-order valence-electron chi connectivity index (χ2n) is 9.40. The number of fused-ring (bicyclic) bond motifs is 1. The molecule has 7 atom stereocenters. The van der Waals surface area contributed by atoms with Gasteiger partial charge in [-0.2, -0.15) is 0 Å². The Labute approximate surface area is 214 Å². The van der Waals surface area contributed by atoms with Crippen LogP contribution in [0, 0.1) is 11.8 Å². The molecule has 8 nitrogen and oxygen atoms in total. The Hall–Kier alpha value is -2.23. The van der Waals surface area contributed by atoms with Crippen LogP contribution >= 0.6 is 15.9 Å². The van der Waals surface area contributed by atoms with Gasteiger partial charge in [-0.3, -0.25) is 14.4 Å². The molecule has 3 fully saturated rings. The summed E-state index contributed by atoms with van der Waals surface area (Å²) >= 11 is 3.64. The summed E-state index contributed by atoms with van der Waals surface area (Å²) in [6, 6.07) is 8.07. The van der Waals surface area contributed by atoms with Crippen molar-refractivity contribution >= 4 is 33.7 Å². The molecule has 3 heterocycles. The SMILES string of the molecule is C=CCN(Cc1ccccc1)C(=O)C1N([C@@H](CC)CO)C(=O)[C@@H]2[C@@H](C(=O)OCC)[C@@H]3OC12CC3Br. The second-order valence-corrected chi connectivity index (χ2v) is 10.6. The molecule has 1 spiro atoms. The Balaban J connectivity index is 1.78. The molecular formula is C26H33BrN2O6. The molecule has 0 radical (unpaired) electrons. The molecule has 1 N–H and O–H groups in total. The number of amides is 2. The zero-order valence-corrected chi connectivity index (χ0v) is 21.7. The highest BCUT2D eigenvalue weighted by Gasteiger charge is 2.77. The summed E-state index contributed by atoms with van der Waals surface area (Å²) in [5, 5.41) is 10.1. The minimum absolute atomic E-state index is 0.188. The normalized spacial score (nSPS) is 31.8. The molecule has 0 aliphatic carbocycles. The third-order valence-electron chi connectivity index (χ3n) is 7.47. The van der Waals surface area contributed by atoms with E-state index in [4.69, 9.17) is 9.47 Å². The van der Waals surface area contributed by atoms with Gasteiger partial charge in [0.05, 0.1) is 37.2 Å². The van der Waals surface area contributed by atoms with Crippen LogP contribution in [0.3, 0.4) is 0 Å². The van der Waals surface area contributed by atoms with Gasteiger partial charge in [-0.25, -0.2) is 0 Å². The molecule has 3 unspecified atom stereocenters. The molecule has 35 heavy (non-hydrogen) atoms. The van der Waals surface area contributed by atoms with E-state index in [1.165, 1.54) is 4.90 Å². The maximum atomic E-state index is 14.3. The number of carbonyl (C=O) groups is 3. The molecule has 3 aliphatic rings. The number of hydrogen-bond acceptors (Lipinski definition) is 6. The number of alkyl halides is 1. The molecule has 4 rings (SSSR count). The summed E-state index contributed by atoms with van der Waals surface area (Å²) in [5.41, 5.74) is -0.232. The average Bonchev–Trinajstić information content (AvgIpc) is 3.44. The van der Waals surface area contributed by atoms with E-state index in [0.717, 1.165) is 5.56 Å². The topological polar surface area (TPSA) is 96.4 Å². The van der Waals surface area contributed by atoms with Crippen LogP contribution in [0.1, 0.15) is 32.3 Å². The Morgan fingerprint density at radius 1 is 1.37 bits per heavy atom. The number of aliphatic hydroxyl groups is 1. The molecule has 3 aliphatic heterocycles. The number of rotatable bonds is 10. The van der Waals surface area contributed by atoms with Gasteiger partial charge in [-0.05, 0) is 25.3 Å². The molecule has 0 saturated carbocycles. The molecule has 2 amide bonds. The molecule has 1 aromatic carbocycles. The smallest absolute Gasteiger partial charge is 0.312 e. The van der Waals surface area contributed by atoms with Gasteiger partial charge in [0.25, 0.3) is 0 Å². The van der Waals surface area contributed by atoms with Crippen LogP contribution in [0.4, 0.5) is 0 Å². The number of carbonyl (C=O) groups excluding carboxylic acids is 3. The van der Waals surface area contributed by atoms with Crippen molar-refractivity contribution in [3.63, 3.8) is 0 Å². The van der Waals surface area contributed by atoms with E-state index >= 15 is 0 Å². The van der Waals surface area contributed by atoms with E-state index in [-0.39, 0.29) is 36.4 Å². The van der Waals surface area contributed by atoms with Crippen molar-refractivity contribution in [2.45, 2.75) is 61.8 Å². The third-order valence-corrected chi connectivity index (χ3v) is 8.32. The summed E-state index contributed by atoms with van der Waals surface area (Å²) < 4.78 is 11.8. The zero-order chi connectivity index (χ0) is 25.3. The highest BCUT2D eigenvalue weighted by molar-refractivity contribution is 9.09. The van der Waals surface area contributed by atoms with E-state index in [2.05, 4.69) is 22.5 Å². The number of nitrogens with zero attached hydrogens (tertiary/aromatic N) is 2. The minimum atomic E-state index is -1.18. The summed E-state index contributed by atoms with van der Waals surface area (Å²) in [4.78, 5) is 44.1. The van der Waals surface area contributed by atoms with Crippen molar-refractivity contribution in [1.82, 2.24) is 9.80 Å². The predicted molar refractivity (Wildman–Crippen MR) is 132 cm³/mol. The van der Waals surface area contributed by atoms with Crippen LogP contribution in [0.15, 0.2) is 43.0 Å². The maximum absolute atomic E-state index is 14.3. The van der Waals surface area contributed by atoms with Crippen molar-refractivity contribution in [2.75, 3.05) is 19.8 Å². The molecule has 0 aromatic heterocycles. The molecule has 3 saturated heterocycles. The first-order valence-electron chi connectivity index (χ1n) is 12.2. The van der Waals surface area contributed by atoms with Gasteiger partial charge in [0.1, 0.15) is 11.6 Å². The molecule has 9 heteroatoms. The summed E-state index contributed by atoms with van der Waals surface area (Å²) in [6.45, 7) is 7.92. The van der Waals surface area contributed by atoms with Crippen LogP contribution < -0.4 is 0 Å². The first kappa shape index (κ1) is 25.9. The Kier molecular flexibility index (Phi) is 7.68. The number of esters is 1. The first-order valence-corrected chi connectivity index (χ1v) is 13.1. The lowest BCUT2D eigenvalue weighted by atomic mass is 9.70. The number of hydrogen-bond donors (Lipinski definition) is 1. The largest absolute Gasteiger partial charge is 0.466 e. The molecular weight excluding hydrogens is 516 g/mol. The number of ether oxygens (including phenoxy) is 2. The fourth-order valence-electron chi connectivity index (χ4n) is 6.03. The zero-order valence-electron chi connectivity index (χ0n) is 20.1. The lowest BCUT2D eigenvalue weighted by Crippen LogP contribution is -2.58. The van der Waals surface area contributed by atoms with Crippen LogP contribution in [0.5, 0.6) is 0 Å². The van der Waals surface area contributed by atoms with Gasteiger partial charge in [-0.1, -0.05) is 59.3 Å². The first-order chi connectivity index (χ1) is 16.8. The van der Waals surface area contributed by atoms with Crippen LogP contribution in [-0.2, 0) is 30.4 Å². The van der Waals surface area contributed by atoms with Crippen molar-refractivity contribution < 1.29 is 29.0 Å². The van der Waals surface area contributed by atoms with E-state index in [1.54, 1.807) is 17.9 Å². The van der Waals surface area contributed by atoms with E-state index in [9.17, 15) is 19.5 Å². The fourth-order valence-corrected chi connectivity index (χ4v) is 6.97. The van der Waals surface area contributed by atoms with Gasteiger partial charge < -0.3 is 24.4 Å². The minimum Gasteiger partial charge on any atom is -0.466 e. The van der Waals surface area contributed by atoms with Crippen LogP contribution in [-0.4, -0.2) is 81.1 Å². The monoisotopic (exact) mass is 548 g/mol. The van der Waals surface area contributed by atoms with Crippen LogP contribution in [0.25, 0.3) is 0 Å². The Morgan fingerprint density at radius 2 is 2.09 bits per heavy atom. The highest BCUT2D eigenvalue weighted by Crippen LogP contribution is 2.60. The standard InChI is InChI=1S/C26H33BrN2O6/c1-4-12-28(14-16-10-8-7-9-11-16)24(32)22-26-13-18(27)21(35-26)19(25(33)34-6-3)20(26)23(31)29(22)17(5-2)15-30/h4,7-11,17-22,30H,1,5-6,12-15H2,2-3H3/t17-,18?,19+,20-,21+,22?,26?/m0/s1. The number of likely N-dealkylation sites (tertiary alicyclic amines) is 1. The van der Waals surface area contributed by atoms with Gasteiger partial charge in [0.2, 0.25) is 11.8 Å². The van der Waals surface area contributed by atoms with Gasteiger partial charge in [0.15, 0.2) is 0 Å². The summed E-state index contributed by atoms with van der Waals surface area (Å²) in [5.74, 6) is -2.74. The summed E-state index contributed by atoms with van der Waals surface area (Å²) in [6.07, 6.45) is 1.96.